The third kappa shape index (κ3) is 3.21. The van der Waals surface area contributed by atoms with Crippen molar-refractivity contribution in [2.75, 3.05) is 13.1 Å². The first-order valence-corrected chi connectivity index (χ1v) is 8.97. The Morgan fingerprint density at radius 3 is 2.81 bits per heavy atom. The minimum atomic E-state index is -0.127. The largest absolute Gasteiger partial charge is 0.354 e. The molecule has 4 rings (SSSR count). The van der Waals surface area contributed by atoms with Crippen LogP contribution in [0.25, 0.3) is 11.0 Å². The predicted molar refractivity (Wildman–Crippen MR) is 101 cm³/mol. The molecular weight excluding hydrogens is 326 g/mol. The summed E-state index contributed by atoms with van der Waals surface area (Å²) in [4.78, 5) is 17.3. The number of benzene rings is 2. The molecule has 1 aromatic heterocycles. The van der Waals surface area contributed by atoms with Gasteiger partial charge in [0.1, 0.15) is 5.82 Å². The van der Waals surface area contributed by atoms with Gasteiger partial charge in [-0.3, -0.25) is 10.2 Å². The molecule has 1 aliphatic heterocycles. The van der Waals surface area contributed by atoms with Gasteiger partial charge >= 0.3 is 0 Å². The smallest absolute Gasteiger partial charge is 0.226 e. The number of imidazole rings is 1. The molecule has 0 spiro atoms. The van der Waals surface area contributed by atoms with E-state index < -0.39 is 0 Å². The first-order valence-electron chi connectivity index (χ1n) is 8.97. The summed E-state index contributed by atoms with van der Waals surface area (Å²) < 4.78 is 2.15. The first-order chi connectivity index (χ1) is 12.7. The second kappa shape index (κ2) is 7.27. The van der Waals surface area contributed by atoms with Gasteiger partial charge in [-0.2, -0.15) is 0 Å². The fourth-order valence-electron chi connectivity index (χ4n) is 3.62. The van der Waals surface area contributed by atoms with Gasteiger partial charge in [0.2, 0.25) is 5.91 Å². The molecule has 0 aliphatic carbocycles. The van der Waals surface area contributed by atoms with E-state index in [2.05, 4.69) is 31.8 Å². The normalized spacial score (nSPS) is 19.7. The summed E-state index contributed by atoms with van der Waals surface area (Å²) in [6.45, 7) is 3.91. The molecule has 0 bridgehead atoms. The fourth-order valence-corrected chi connectivity index (χ4v) is 3.62. The van der Waals surface area contributed by atoms with Crippen LogP contribution in [0.4, 0.5) is 0 Å². The van der Waals surface area contributed by atoms with Crippen molar-refractivity contribution in [2.24, 2.45) is 5.92 Å². The van der Waals surface area contributed by atoms with Gasteiger partial charge < -0.3 is 9.88 Å². The number of hydrazine groups is 1. The summed E-state index contributed by atoms with van der Waals surface area (Å²) in [5.74, 6) is 0.906. The van der Waals surface area contributed by atoms with E-state index in [4.69, 9.17) is 0 Å². The lowest BCUT2D eigenvalue weighted by molar-refractivity contribution is -0.124. The van der Waals surface area contributed by atoms with Crippen molar-refractivity contribution in [3.05, 3.63) is 66.0 Å². The number of carbonyl (C=O) groups excluding carboxylic acids is 1. The van der Waals surface area contributed by atoms with Crippen molar-refractivity contribution < 1.29 is 4.79 Å². The molecule has 0 radical (unpaired) electrons. The molecule has 1 amide bonds. The molecule has 2 heterocycles. The van der Waals surface area contributed by atoms with Crippen molar-refractivity contribution in [2.45, 2.75) is 19.5 Å². The van der Waals surface area contributed by atoms with Crippen LogP contribution >= 0.6 is 0 Å². The SMILES string of the molecule is Cc1nc2ccccc2n1CCNC(=O)C1CNNC1c1ccccc1. The van der Waals surface area contributed by atoms with Crippen LogP contribution in [0, 0.1) is 12.8 Å². The van der Waals surface area contributed by atoms with E-state index in [0.717, 1.165) is 22.4 Å². The van der Waals surface area contributed by atoms with Crippen LogP contribution < -0.4 is 16.2 Å². The van der Waals surface area contributed by atoms with E-state index in [9.17, 15) is 4.79 Å². The van der Waals surface area contributed by atoms with Gasteiger partial charge in [0.15, 0.2) is 0 Å². The van der Waals surface area contributed by atoms with Gasteiger partial charge in [0.25, 0.3) is 0 Å². The maximum absolute atomic E-state index is 12.7. The lowest BCUT2D eigenvalue weighted by Crippen LogP contribution is -2.36. The number of hydrogen-bond donors (Lipinski definition) is 3. The van der Waals surface area contributed by atoms with Gasteiger partial charge in [-0.25, -0.2) is 10.4 Å². The summed E-state index contributed by atoms with van der Waals surface area (Å²) in [6, 6.07) is 18.1. The monoisotopic (exact) mass is 349 g/mol. The van der Waals surface area contributed by atoms with Crippen molar-refractivity contribution in [1.29, 1.82) is 0 Å². The Balaban J connectivity index is 1.40. The Morgan fingerprint density at radius 1 is 1.19 bits per heavy atom. The number of hydrogen-bond acceptors (Lipinski definition) is 4. The van der Waals surface area contributed by atoms with Crippen molar-refractivity contribution in [3.8, 4) is 0 Å². The minimum absolute atomic E-state index is 0.00740. The Kier molecular flexibility index (Phi) is 4.69. The number of para-hydroxylation sites is 2. The molecule has 3 N–H and O–H groups in total. The number of carbonyl (C=O) groups is 1. The number of nitrogens with zero attached hydrogens (tertiary/aromatic N) is 2. The van der Waals surface area contributed by atoms with Gasteiger partial charge in [-0.15, -0.1) is 0 Å². The average Bonchev–Trinajstić information content (AvgIpc) is 3.27. The topological polar surface area (TPSA) is 71.0 Å². The minimum Gasteiger partial charge on any atom is -0.354 e. The van der Waals surface area contributed by atoms with Crippen LogP contribution in [-0.4, -0.2) is 28.5 Å². The highest BCUT2D eigenvalue weighted by atomic mass is 16.2. The molecule has 6 heteroatoms. The molecule has 2 atom stereocenters. The zero-order valence-corrected chi connectivity index (χ0v) is 14.8. The predicted octanol–water partition coefficient (Wildman–Crippen LogP) is 1.93. The fraction of sp³-hybridized carbons (Fsp3) is 0.300. The van der Waals surface area contributed by atoms with E-state index >= 15 is 0 Å². The maximum atomic E-state index is 12.7. The highest BCUT2D eigenvalue weighted by molar-refractivity contribution is 5.80. The van der Waals surface area contributed by atoms with E-state index in [-0.39, 0.29) is 17.9 Å². The summed E-state index contributed by atoms with van der Waals surface area (Å²) in [5.41, 5.74) is 9.54. The molecular formula is C20H23N5O. The van der Waals surface area contributed by atoms with Gasteiger partial charge in [0, 0.05) is 19.6 Å². The lowest BCUT2D eigenvalue weighted by atomic mass is 9.94. The number of amides is 1. The summed E-state index contributed by atoms with van der Waals surface area (Å²) in [6.07, 6.45) is 0. The Morgan fingerprint density at radius 2 is 1.96 bits per heavy atom. The van der Waals surface area contributed by atoms with Gasteiger partial charge in [-0.1, -0.05) is 42.5 Å². The highest BCUT2D eigenvalue weighted by Gasteiger charge is 2.33. The number of fused-ring (bicyclic) bond motifs is 1. The van der Waals surface area contributed by atoms with Crippen LogP contribution in [0.5, 0.6) is 0 Å². The van der Waals surface area contributed by atoms with Crippen molar-refractivity contribution >= 4 is 16.9 Å². The van der Waals surface area contributed by atoms with E-state index in [0.29, 0.717) is 19.6 Å². The Hall–Kier alpha value is -2.70. The van der Waals surface area contributed by atoms with E-state index in [1.54, 1.807) is 0 Å². The molecule has 26 heavy (non-hydrogen) atoms. The third-order valence-electron chi connectivity index (χ3n) is 4.96. The summed E-state index contributed by atoms with van der Waals surface area (Å²) in [7, 11) is 0. The molecule has 2 unspecified atom stereocenters. The van der Waals surface area contributed by atoms with Crippen LogP contribution in [0.2, 0.25) is 0 Å². The van der Waals surface area contributed by atoms with Gasteiger partial charge in [0.05, 0.1) is 23.0 Å². The van der Waals surface area contributed by atoms with Crippen LogP contribution in [0.1, 0.15) is 17.4 Å². The Bertz CT molecular complexity index is 905. The average molecular weight is 349 g/mol. The number of aromatic nitrogens is 2. The lowest BCUT2D eigenvalue weighted by Gasteiger charge is -2.18. The van der Waals surface area contributed by atoms with Crippen LogP contribution in [0.15, 0.2) is 54.6 Å². The molecule has 6 nitrogen and oxygen atoms in total. The molecule has 134 valence electrons. The zero-order chi connectivity index (χ0) is 17.9. The molecule has 0 saturated carbocycles. The third-order valence-corrected chi connectivity index (χ3v) is 4.96. The molecule has 3 aromatic rings. The van der Waals surface area contributed by atoms with E-state index in [1.807, 2.05) is 55.5 Å². The molecule has 1 saturated heterocycles. The maximum Gasteiger partial charge on any atom is 0.226 e. The van der Waals surface area contributed by atoms with Crippen LogP contribution in [0.3, 0.4) is 0 Å². The number of aryl methyl sites for hydroxylation is 1. The highest BCUT2D eigenvalue weighted by Crippen LogP contribution is 2.24. The molecule has 2 aromatic carbocycles. The number of rotatable bonds is 5. The quantitative estimate of drug-likeness (QED) is 0.658. The molecule has 1 fully saturated rings. The zero-order valence-electron chi connectivity index (χ0n) is 14.8. The second-order valence-corrected chi connectivity index (χ2v) is 6.61. The van der Waals surface area contributed by atoms with E-state index in [1.165, 1.54) is 0 Å². The first kappa shape index (κ1) is 16.8. The van der Waals surface area contributed by atoms with Crippen LogP contribution in [-0.2, 0) is 11.3 Å². The van der Waals surface area contributed by atoms with Crippen molar-refractivity contribution in [3.63, 3.8) is 0 Å². The molecule has 1 aliphatic rings. The summed E-state index contributed by atoms with van der Waals surface area (Å²) >= 11 is 0. The summed E-state index contributed by atoms with van der Waals surface area (Å²) in [5, 5.41) is 3.09. The van der Waals surface area contributed by atoms with Crippen molar-refractivity contribution in [1.82, 2.24) is 25.7 Å². The standard InChI is InChI=1S/C20H23N5O/c1-14-23-17-9-5-6-10-18(17)25(14)12-11-21-20(26)16-13-22-24-19(16)15-7-3-2-4-8-15/h2-10,16,19,22,24H,11-13H2,1H3,(H,21,26). The number of nitrogens with one attached hydrogen (secondary N) is 3. The second-order valence-electron chi connectivity index (χ2n) is 6.61. The Labute approximate surface area is 152 Å². The van der Waals surface area contributed by atoms with Gasteiger partial charge in [-0.05, 0) is 24.6 Å².